The van der Waals surface area contributed by atoms with Crippen molar-refractivity contribution in [2.75, 3.05) is 7.05 Å². The second kappa shape index (κ2) is 6.88. The van der Waals surface area contributed by atoms with Crippen molar-refractivity contribution < 1.29 is 4.79 Å². The van der Waals surface area contributed by atoms with E-state index >= 15 is 0 Å². The van der Waals surface area contributed by atoms with Crippen LogP contribution in [0.5, 0.6) is 0 Å². The molecule has 24 heavy (non-hydrogen) atoms. The number of benzene rings is 1. The van der Waals surface area contributed by atoms with Crippen molar-refractivity contribution in [3.63, 3.8) is 0 Å². The van der Waals surface area contributed by atoms with E-state index in [1.54, 1.807) is 23.0 Å². The summed E-state index contributed by atoms with van der Waals surface area (Å²) in [5.74, 6) is -0.0466. The number of nitrogens with zero attached hydrogens (tertiary/aromatic N) is 6. The van der Waals surface area contributed by atoms with Gasteiger partial charge in [-0.05, 0) is 42.6 Å². The standard InChI is InChI=1S/C16H18N6OS/c1-4-14-15(24-20-19-14)16(23)21(3)11(2)12-5-7-13(8-6-12)22-10-17-9-18-22/h5-11H,4H2,1-3H3. The number of rotatable bonds is 5. The molecule has 3 rings (SSSR count). The van der Waals surface area contributed by atoms with Crippen molar-refractivity contribution in [3.05, 3.63) is 53.1 Å². The molecule has 0 radical (unpaired) electrons. The third-order valence-corrected chi connectivity index (χ3v) is 4.80. The summed E-state index contributed by atoms with van der Waals surface area (Å²) in [5.41, 5.74) is 2.73. The summed E-state index contributed by atoms with van der Waals surface area (Å²) in [6, 6.07) is 7.86. The van der Waals surface area contributed by atoms with Crippen molar-refractivity contribution in [2.24, 2.45) is 0 Å². The van der Waals surface area contributed by atoms with Crippen molar-refractivity contribution in [3.8, 4) is 5.69 Å². The number of amides is 1. The summed E-state index contributed by atoms with van der Waals surface area (Å²) in [6.45, 7) is 3.97. The molecule has 1 aromatic carbocycles. The van der Waals surface area contributed by atoms with Crippen molar-refractivity contribution >= 4 is 17.4 Å². The van der Waals surface area contributed by atoms with E-state index in [-0.39, 0.29) is 11.9 Å². The van der Waals surface area contributed by atoms with Crippen molar-refractivity contribution in [1.29, 1.82) is 0 Å². The highest BCUT2D eigenvalue weighted by atomic mass is 32.1. The molecule has 2 heterocycles. The molecule has 0 aliphatic carbocycles. The van der Waals surface area contributed by atoms with Gasteiger partial charge in [0.05, 0.1) is 17.4 Å². The fourth-order valence-electron chi connectivity index (χ4n) is 2.41. The van der Waals surface area contributed by atoms with Gasteiger partial charge in [0.25, 0.3) is 5.91 Å². The zero-order chi connectivity index (χ0) is 17.1. The molecule has 3 aromatic rings. The highest BCUT2D eigenvalue weighted by molar-refractivity contribution is 7.08. The summed E-state index contributed by atoms with van der Waals surface area (Å²) < 4.78 is 5.59. The first-order chi connectivity index (χ1) is 11.6. The molecule has 1 amide bonds. The summed E-state index contributed by atoms with van der Waals surface area (Å²) in [4.78, 5) is 19.0. The lowest BCUT2D eigenvalue weighted by molar-refractivity contribution is 0.0746. The van der Waals surface area contributed by atoms with Crippen LogP contribution in [0.15, 0.2) is 36.9 Å². The van der Waals surface area contributed by atoms with Gasteiger partial charge in [-0.25, -0.2) is 9.67 Å². The van der Waals surface area contributed by atoms with Crippen LogP contribution in [0.25, 0.3) is 5.69 Å². The Bertz CT molecular complexity index is 811. The van der Waals surface area contributed by atoms with Crippen LogP contribution in [-0.2, 0) is 6.42 Å². The quantitative estimate of drug-likeness (QED) is 0.712. The fraction of sp³-hybridized carbons (Fsp3) is 0.312. The zero-order valence-electron chi connectivity index (χ0n) is 13.7. The predicted octanol–water partition coefficient (Wildman–Crippen LogP) is 2.51. The van der Waals surface area contributed by atoms with E-state index in [2.05, 4.69) is 19.7 Å². The minimum atomic E-state index is -0.0610. The summed E-state index contributed by atoms with van der Waals surface area (Å²) in [6.07, 6.45) is 3.85. The molecule has 0 spiro atoms. The summed E-state index contributed by atoms with van der Waals surface area (Å²) in [7, 11) is 1.80. The van der Waals surface area contributed by atoms with Gasteiger partial charge < -0.3 is 4.90 Å². The Morgan fingerprint density at radius 1 is 1.33 bits per heavy atom. The van der Waals surface area contributed by atoms with Gasteiger partial charge in [0.1, 0.15) is 17.5 Å². The molecular weight excluding hydrogens is 324 g/mol. The van der Waals surface area contributed by atoms with Gasteiger partial charge in [-0.2, -0.15) is 5.10 Å². The molecule has 7 nitrogen and oxygen atoms in total. The Hall–Kier alpha value is -2.61. The Balaban J connectivity index is 1.78. The molecule has 0 aliphatic rings. The maximum absolute atomic E-state index is 12.7. The van der Waals surface area contributed by atoms with Gasteiger partial charge in [-0.1, -0.05) is 23.5 Å². The van der Waals surface area contributed by atoms with Gasteiger partial charge in [0.15, 0.2) is 0 Å². The minimum absolute atomic E-state index is 0.0466. The van der Waals surface area contributed by atoms with Crippen LogP contribution in [0.1, 0.15) is 40.8 Å². The predicted molar refractivity (Wildman–Crippen MR) is 91.2 cm³/mol. The third kappa shape index (κ3) is 3.05. The SMILES string of the molecule is CCc1nnsc1C(=O)N(C)C(C)c1ccc(-n2cncn2)cc1. The first-order valence-corrected chi connectivity index (χ1v) is 8.42. The monoisotopic (exact) mass is 342 g/mol. The average Bonchev–Trinajstić information content (AvgIpc) is 3.31. The third-order valence-electron chi connectivity index (χ3n) is 4.04. The fourth-order valence-corrected chi connectivity index (χ4v) is 3.14. The molecule has 0 aliphatic heterocycles. The van der Waals surface area contributed by atoms with E-state index in [1.165, 1.54) is 6.33 Å². The summed E-state index contributed by atoms with van der Waals surface area (Å²) in [5, 5.41) is 8.12. The molecule has 0 saturated carbocycles. The van der Waals surface area contributed by atoms with Crippen LogP contribution < -0.4 is 0 Å². The molecular formula is C16H18N6OS. The van der Waals surface area contributed by atoms with Crippen LogP contribution in [0.2, 0.25) is 0 Å². The van der Waals surface area contributed by atoms with Crippen LogP contribution >= 0.6 is 11.5 Å². The lowest BCUT2D eigenvalue weighted by Crippen LogP contribution is -2.29. The van der Waals surface area contributed by atoms with Gasteiger partial charge >= 0.3 is 0 Å². The van der Waals surface area contributed by atoms with E-state index in [9.17, 15) is 4.79 Å². The largest absolute Gasteiger partial charge is 0.334 e. The van der Waals surface area contributed by atoms with E-state index in [0.717, 1.165) is 28.5 Å². The molecule has 0 saturated heterocycles. The average molecular weight is 342 g/mol. The Labute approximate surface area is 144 Å². The molecule has 8 heteroatoms. The van der Waals surface area contributed by atoms with Gasteiger partial charge in [-0.3, -0.25) is 4.79 Å². The van der Waals surface area contributed by atoms with Gasteiger partial charge in [0.2, 0.25) is 0 Å². The molecule has 1 unspecified atom stereocenters. The summed E-state index contributed by atoms with van der Waals surface area (Å²) >= 11 is 1.15. The second-order valence-electron chi connectivity index (χ2n) is 5.43. The van der Waals surface area contributed by atoms with Crippen molar-refractivity contribution in [1.82, 2.24) is 29.3 Å². The van der Waals surface area contributed by atoms with Gasteiger partial charge in [0, 0.05) is 7.05 Å². The maximum atomic E-state index is 12.7. The topological polar surface area (TPSA) is 76.8 Å². The number of carbonyl (C=O) groups excluding carboxylic acids is 1. The van der Waals surface area contributed by atoms with Crippen LogP contribution in [-0.4, -0.2) is 42.2 Å². The van der Waals surface area contributed by atoms with E-state index < -0.39 is 0 Å². The van der Waals surface area contributed by atoms with E-state index in [4.69, 9.17) is 0 Å². The number of aromatic nitrogens is 5. The van der Waals surface area contributed by atoms with Crippen LogP contribution in [0.4, 0.5) is 0 Å². The molecule has 1 atom stereocenters. The molecule has 0 bridgehead atoms. The van der Waals surface area contributed by atoms with Crippen molar-refractivity contribution in [2.45, 2.75) is 26.3 Å². The first-order valence-electron chi connectivity index (χ1n) is 7.65. The lowest BCUT2D eigenvalue weighted by Gasteiger charge is -2.25. The highest BCUT2D eigenvalue weighted by Gasteiger charge is 2.23. The van der Waals surface area contributed by atoms with Crippen LogP contribution in [0.3, 0.4) is 0 Å². The lowest BCUT2D eigenvalue weighted by atomic mass is 10.1. The highest BCUT2D eigenvalue weighted by Crippen LogP contribution is 2.23. The normalized spacial score (nSPS) is 12.1. The molecule has 124 valence electrons. The Kier molecular flexibility index (Phi) is 4.66. The Morgan fingerprint density at radius 3 is 2.71 bits per heavy atom. The molecule has 0 fully saturated rings. The molecule has 0 N–H and O–H groups in total. The number of aryl methyl sites for hydroxylation is 1. The first kappa shape index (κ1) is 16.3. The molecule has 2 aromatic heterocycles. The van der Waals surface area contributed by atoms with Crippen LogP contribution in [0, 0.1) is 0 Å². The van der Waals surface area contributed by atoms with E-state index in [0.29, 0.717) is 11.3 Å². The zero-order valence-corrected chi connectivity index (χ0v) is 14.6. The maximum Gasteiger partial charge on any atom is 0.267 e. The van der Waals surface area contributed by atoms with Gasteiger partial charge in [-0.15, -0.1) is 5.10 Å². The number of hydrogen-bond acceptors (Lipinski definition) is 6. The smallest absolute Gasteiger partial charge is 0.267 e. The minimum Gasteiger partial charge on any atom is -0.334 e. The van der Waals surface area contributed by atoms with E-state index in [1.807, 2.05) is 38.1 Å². The number of hydrogen-bond donors (Lipinski definition) is 0. The number of carbonyl (C=O) groups is 1. The second-order valence-corrected chi connectivity index (χ2v) is 6.18. The Morgan fingerprint density at radius 2 is 2.08 bits per heavy atom.